The van der Waals surface area contributed by atoms with Crippen LogP contribution in [0.4, 0.5) is 0 Å². The molecule has 3 aromatic heterocycles. The number of pyridine rings is 1. The number of aromatic nitrogens is 4. The molecular weight excluding hydrogens is 470 g/mol. The van der Waals surface area contributed by atoms with Crippen molar-refractivity contribution >= 4 is 26.8 Å². The number of fused-ring (bicyclic) bond motifs is 2. The average Bonchev–Trinajstić information content (AvgIpc) is 3.44. The number of rotatable bonds is 3. The zero-order valence-electron chi connectivity index (χ0n) is 18.2. The number of piperidine rings is 1. The second-order valence-corrected chi connectivity index (χ2v) is 10.2. The summed E-state index contributed by atoms with van der Waals surface area (Å²) in [6, 6.07) is 8.62. The van der Waals surface area contributed by atoms with Crippen LogP contribution < -0.4 is 0 Å². The number of hydrogen-bond donors (Lipinski definition) is 1. The first kappa shape index (κ1) is 20.1. The van der Waals surface area contributed by atoms with Gasteiger partial charge in [-0.05, 0) is 66.0 Å². The van der Waals surface area contributed by atoms with Crippen molar-refractivity contribution in [2.75, 3.05) is 20.7 Å². The molecule has 4 aromatic rings. The lowest BCUT2D eigenvalue weighted by Crippen LogP contribution is -2.63. The van der Waals surface area contributed by atoms with E-state index in [0.717, 1.165) is 34.9 Å². The Hall–Kier alpha value is -2.55. The predicted octanol–water partition coefficient (Wildman–Crippen LogP) is 4.44. The molecule has 1 aromatic carbocycles. The fourth-order valence-corrected chi connectivity index (χ4v) is 6.29. The summed E-state index contributed by atoms with van der Waals surface area (Å²) >= 11 is 3.47. The number of likely N-dealkylation sites (tertiary alicyclic amines) is 1. The van der Waals surface area contributed by atoms with Crippen LogP contribution in [0, 0.1) is 0 Å². The van der Waals surface area contributed by atoms with Gasteiger partial charge >= 0.3 is 0 Å². The van der Waals surface area contributed by atoms with Gasteiger partial charge in [0.2, 0.25) is 11.7 Å². The van der Waals surface area contributed by atoms with Crippen LogP contribution in [0.5, 0.6) is 0 Å². The summed E-state index contributed by atoms with van der Waals surface area (Å²) in [6.07, 6.45) is 7.33. The molecule has 1 N–H and O–H groups in total. The van der Waals surface area contributed by atoms with Gasteiger partial charge in [-0.25, -0.2) is 0 Å². The molecule has 4 heterocycles. The average molecular weight is 494 g/mol. The molecule has 1 aliphatic carbocycles. The van der Waals surface area contributed by atoms with Crippen LogP contribution in [0.2, 0.25) is 0 Å². The minimum Gasteiger partial charge on any atom is -0.372 e. The maximum Gasteiger partial charge on any atom is 0.234 e. The molecular formula is C24H24BrN5O2. The van der Waals surface area contributed by atoms with Crippen molar-refractivity contribution in [3.05, 3.63) is 64.3 Å². The van der Waals surface area contributed by atoms with Gasteiger partial charge in [-0.2, -0.15) is 4.98 Å². The first-order valence-electron chi connectivity index (χ1n) is 10.7. The summed E-state index contributed by atoms with van der Waals surface area (Å²) in [4.78, 5) is 14.9. The topological polar surface area (TPSA) is 80.1 Å². The van der Waals surface area contributed by atoms with Crippen molar-refractivity contribution in [3.8, 4) is 11.4 Å². The highest BCUT2D eigenvalue weighted by atomic mass is 79.9. The minimum atomic E-state index is -0.470. The molecule has 0 bridgehead atoms. The maximum absolute atomic E-state index is 6.43. The van der Waals surface area contributed by atoms with E-state index in [1.54, 1.807) is 12.4 Å². The molecule has 0 saturated carbocycles. The number of aromatic amines is 1. The normalized spacial score (nSPS) is 27.6. The van der Waals surface area contributed by atoms with Crippen LogP contribution in [0.15, 0.2) is 51.9 Å². The van der Waals surface area contributed by atoms with Crippen LogP contribution in [0.3, 0.4) is 0 Å². The van der Waals surface area contributed by atoms with Crippen molar-refractivity contribution < 1.29 is 9.26 Å². The summed E-state index contributed by atoms with van der Waals surface area (Å²) in [6.45, 7) is 3.00. The molecule has 8 heteroatoms. The number of hydrogen-bond acceptors (Lipinski definition) is 6. The van der Waals surface area contributed by atoms with Gasteiger partial charge in [0.25, 0.3) is 0 Å². The molecule has 0 unspecified atom stereocenters. The molecule has 0 spiro atoms. The quantitative estimate of drug-likeness (QED) is 0.454. The minimum absolute atomic E-state index is 0.228. The Morgan fingerprint density at radius 2 is 2.19 bits per heavy atom. The number of benzene rings is 1. The van der Waals surface area contributed by atoms with E-state index in [0.29, 0.717) is 11.7 Å². The predicted molar refractivity (Wildman–Crippen MR) is 124 cm³/mol. The third kappa shape index (κ3) is 2.76. The lowest BCUT2D eigenvalue weighted by Gasteiger charge is -2.55. The molecule has 0 radical (unpaired) electrons. The van der Waals surface area contributed by atoms with E-state index >= 15 is 0 Å². The zero-order valence-corrected chi connectivity index (χ0v) is 19.8. The highest BCUT2D eigenvalue weighted by Crippen LogP contribution is 2.53. The molecule has 6 rings (SSSR count). The Labute approximate surface area is 194 Å². The number of nitrogens with zero attached hydrogens (tertiary/aromatic N) is 4. The molecule has 0 amide bonds. The number of halogens is 1. The molecule has 2 aliphatic rings. The van der Waals surface area contributed by atoms with Gasteiger partial charge in [0, 0.05) is 59.2 Å². The lowest BCUT2D eigenvalue weighted by molar-refractivity contribution is -0.134. The third-order valence-corrected chi connectivity index (χ3v) is 7.68. The van der Waals surface area contributed by atoms with Crippen LogP contribution in [-0.4, -0.2) is 51.8 Å². The summed E-state index contributed by atoms with van der Waals surface area (Å²) in [7, 11) is 4.00. The maximum atomic E-state index is 6.43. The molecule has 164 valence electrons. The Morgan fingerprint density at radius 3 is 3.00 bits per heavy atom. The number of methoxy groups -OCH3 is 1. The van der Waals surface area contributed by atoms with Crippen molar-refractivity contribution in [2.24, 2.45) is 0 Å². The van der Waals surface area contributed by atoms with E-state index < -0.39 is 5.60 Å². The number of ether oxygens (including phenoxy) is 1. The summed E-state index contributed by atoms with van der Waals surface area (Å²) in [5.41, 5.74) is 3.72. The fourth-order valence-electron chi connectivity index (χ4n) is 5.92. The molecule has 1 saturated heterocycles. The SMILES string of the molecule is CO[C@]12C[C@](C)(c3nc(-c4cncc(Br)c4)no3)CN(C)[C@@H]1Cc1c[nH]c3cccc2c13. The van der Waals surface area contributed by atoms with Crippen LogP contribution in [0.1, 0.15) is 30.4 Å². The molecule has 1 fully saturated rings. The van der Waals surface area contributed by atoms with E-state index in [4.69, 9.17) is 14.2 Å². The van der Waals surface area contributed by atoms with Crippen LogP contribution in [0.25, 0.3) is 22.3 Å². The standard InChI is InChI=1S/C24H24BrN5O2/c1-23(22-28-21(29-32-22)15-7-16(25)11-26-9-15)12-24(31-3)17-5-4-6-18-20(17)14(10-27-18)8-19(24)30(2)13-23/h4-7,9-11,19,27H,8,12-13H2,1-3H3/t19-,23+,24+/m1/s1. The Bertz CT molecular complexity index is 1330. The van der Waals surface area contributed by atoms with Crippen LogP contribution in [-0.2, 0) is 22.2 Å². The Morgan fingerprint density at radius 1 is 1.31 bits per heavy atom. The van der Waals surface area contributed by atoms with Crippen molar-refractivity contribution in [2.45, 2.75) is 36.8 Å². The van der Waals surface area contributed by atoms with E-state index in [2.05, 4.69) is 74.3 Å². The lowest BCUT2D eigenvalue weighted by atomic mass is 9.64. The fraction of sp³-hybridized carbons (Fsp3) is 0.375. The van der Waals surface area contributed by atoms with E-state index in [9.17, 15) is 0 Å². The van der Waals surface area contributed by atoms with Gasteiger partial charge in [0.05, 0.1) is 5.41 Å². The monoisotopic (exact) mass is 493 g/mol. The summed E-state index contributed by atoms with van der Waals surface area (Å²) in [5, 5.41) is 5.57. The molecule has 3 atom stereocenters. The smallest absolute Gasteiger partial charge is 0.234 e. The second-order valence-electron chi connectivity index (χ2n) is 9.32. The first-order chi connectivity index (χ1) is 15.4. The highest BCUT2D eigenvalue weighted by Gasteiger charge is 2.57. The first-order valence-corrected chi connectivity index (χ1v) is 11.5. The number of H-pyrrole nitrogens is 1. The van der Waals surface area contributed by atoms with E-state index in [-0.39, 0.29) is 11.5 Å². The molecule has 7 nitrogen and oxygen atoms in total. The summed E-state index contributed by atoms with van der Waals surface area (Å²) in [5.74, 6) is 1.17. The van der Waals surface area contributed by atoms with Crippen molar-refractivity contribution in [3.63, 3.8) is 0 Å². The van der Waals surface area contributed by atoms with Gasteiger partial charge < -0.3 is 14.2 Å². The molecule has 1 aliphatic heterocycles. The summed E-state index contributed by atoms with van der Waals surface area (Å²) < 4.78 is 13.2. The van der Waals surface area contributed by atoms with Gasteiger partial charge in [-0.1, -0.05) is 17.3 Å². The van der Waals surface area contributed by atoms with Gasteiger partial charge in [-0.3, -0.25) is 9.88 Å². The van der Waals surface area contributed by atoms with Crippen molar-refractivity contribution in [1.29, 1.82) is 0 Å². The zero-order chi connectivity index (χ0) is 22.1. The molecule has 32 heavy (non-hydrogen) atoms. The Balaban J connectivity index is 1.46. The van der Waals surface area contributed by atoms with E-state index in [1.165, 1.54) is 16.5 Å². The van der Waals surface area contributed by atoms with Gasteiger partial charge in [0.1, 0.15) is 5.60 Å². The number of likely N-dealkylation sites (N-methyl/N-ethyl adjacent to an activating group) is 1. The number of nitrogens with one attached hydrogen (secondary N) is 1. The third-order valence-electron chi connectivity index (χ3n) is 7.25. The largest absolute Gasteiger partial charge is 0.372 e. The van der Waals surface area contributed by atoms with Crippen LogP contribution >= 0.6 is 15.9 Å². The highest BCUT2D eigenvalue weighted by molar-refractivity contribution is 9.10. The Kier molecular flexibility index (Phi) is 4.38. The van der Waals surface area contributed by atoms with Gasteiger partial charge in [0.15, 0.2) is 0 Å². The second kappa shape index (κ2) is 6.97. The van der Waals surface area contributed by atoms with Crippen molar-refractivity contribution in [1.82, 2.24) is 25.0 Å². The van der Waals surface area contributed by atoms with E-state index in [1.807, 2.05) is 13.2 Å². The van der Waals surface area contributed by atoms with Gasteiger partial charge in [-0.15, -0.1) is 0 Å².